The molecule has 2 heterocycles. The summed E-state index contributed by atoms with van der Waals surface area (Å²) in [6.45, 7) is 0.265. The first kappa shape index (κ1) is 21.4. The minimum atomic E-state index is -3.52. The van der Waals surface area contributed by atoms with Gasteiger partial charge in [0, 0.05) is 19.8 Å². The Morgan fingerprint density at radius 2 is 1.87 bits per heavy atom. The smallest absolute Gasteiger partial charge is 0.262 e. The summed E-state index contributed by atoms with van der Waals surface area (Å²) in [6, 6.07) is 17.6. The highest BCUT2D eigenvalue weighted by molar-refractivity contribution is 7.98. The van der Waals surface area contributed by atoms with E-state index < -0.39 is 10.0 Å². The Morgan fingerprint density at radius 1 is 1.06 bits per heavy atom. The third-order valence-corrected chi connectivity index (χ3v) is 7.62. The van der Waals surface area contributed by atoms with E-state index in [0.717, 1.165) is 5.56 Å². The van der Waals surface area contributed by atoms with Crippen molar-refractivity contribution in [1.29, 1.82) is 0 Å². The summed E-state index contributed by atoms with van der Waals surface area (Å²) in [5, 5.41) is 1.08. The molecule has 0 amide bonds. The van der Waals surface area contributed by atoms with Crippen LogP contribution in [0.3, 0.4) is 0 Å². The van der Waals surface area contributed by atoms with Gasteiger partial charge in [0.05, 0.1) is 28.6 Å². The number of benzene rings is 2. The van der Waals surface area contributed by atoms with E-state index in [1.165, 1.54) is 30.2 Å². The van der Waals surface area contributed by atoms with Crippen molar-refractivity contribution < 1.29 is 12.8 Å². The van der Waals surface area contributed by atoms with Crippen molar-refractivity contribution in [3.8, 4) is 0 Å². The van der Waals surface area contributed by atoms with Crippen LogP contribution in [0.25, 0.3) is 10.9 Å². The van der Waals surface area contributed by atoms with Gasteiger partial charge >= 0.3 is 0 Å². The molecular weight excluding hydrogens is 434 g/mol. The van der Waals surface area contributed by atoms with Crippen LogP contribution in [0.4, 0.5) is 0 Å². The molecule has 0 atom stereocenters. The molecule has 0 fully saturated rings. The van der Waals surface area contributed by atoms with Crippen molar-refractivity contribution in [2.24, 2.45) is 0 Å². The van der Waals surface area contributed by atoms with Gasteiger partial charge in [0.15, 0.2) is 5.16 Å². The van der Waals surface area contributed by atoms with Crippen LogP contribution in [-0.2, 0) is 22.3 Å². The van der Waals surface area contributed by atoms with E-state index in [1.54, 1.807) is 41.2 Å². The van der Waals surface area contributed by atoms with Crippen LogP contribution in [0.2, 0.25) is 0 Å². The maximum Gasteiger partial charge on any atom is 0.262 e. The van der Waals surface area contributed by atoms with E-state index in [4.69, 9.17) is 4.42 Å². The molecule has 4 aromatic rings. The molecule has 0 aliphatic carbocycles. The number of para-hydroxylation sites is 1. The molecule has 0 aliphatic heterocycles. The fourth-order valence-electron chi connectivity index (χ4n) is 3.11. The predicted molar refractivity (Wildman–Crippen MR) is 121 cm³/mol. The molecule has 0 unspecified atom stereocenters. The fraction of sp³-hybridized carbons (Fsp3) is 0.182. The monoisotopic (exact) mass is 455 g/mol. The summed E-state index contributed by atoms with van der Waals surface area (Å²) in [5.74, 6) is 1.11. The topological polar surface area (TPSA) is 85.4 Å². The van der Waals surface area contributed by atoms with Crippen LogP contribution >= 0.6 is 11.8 Å². The molecule has 0 saturated heterocycles. The molecule has 2 aromatic heterocycles. The average molecular weight is 456 g/mol. The lowest BCUT2D eigenvalue weighted by atomic mass is 10.2. The van der Waals surface area contributed by atoms with Gasteiger partial charge < -0.3 is 4.42 Å². The largest absolute Gasteiger partial charge is 0.467 e. The van der Waals surface area contributed by atoms with E-state index in [1.807, 2.05) is 30.3 Å². The van der Waals surface area contributed by atoms with Crippen molar-refractivity contribution in [3.63, 3.8) is 0 Å². The van der Waals surface area contributed by atoms with Crippen LogP contribution in [0.5, 0.6) is 0 Å². The normalized spacial score (nSPS) is 12.0. The van der Waals surface area contributed by atoms with Crippen molar-refractivity contribution in [2.75, 3.05) is 14.1 Å². The van der Waals surface area contributed by atoms with Gasteiger partial charge in [-0.2, -0.15) is 0 Å². The first-order chi connectivity index (χ1) is 14.9. The molecule has 0 radical (unpaired) electrons. The Kier molecular flexibility index (Phi) is 5.99. The molecule has 2 aromatic carbocycles. The van der Waals surface area contributed by atoms with Gasteiger partial charge in [0.1, 0.15) is 5.76 Å². The van der Waals surface area contributed by atoms with Crippen molar-refractivity contribution in [2.45, 2.75) is 22.3 Å². The highest BCUT2D eigenvalue weighted by Crippen LogP contribution is 2.25. The second kappa shape index (κ2) is 8.70. The number of furan rings is 1. The van der Waals surface area contributed by atoms with Gasteiger partial charge in [-0.3, -0.25) is 9.36 Å². The maximum absolute atomic E-state index is 13.1. The number of sulfonamides is 1. The summed E-state index contributed by atoms with van der Waals surface area (Å²) < 4.78 is 33.1. The Balaban J connectivity index is 1.69. The molecule has 0 aliphatic rings. The Morgan fingerprint density at radius 3 is 2.61 bits per heavy atom. The number of hydrogen-bond acceptors (Lipinski definition) is 6. The lowest BCUT2D eigenvalue weighted by molar-refractivity contribution is 0.476. The molecule has 160 valence electrons. The average Bonchev–Trinajstić information content (AvgIpc) is 3.28. The number of nitrogens with zero attached hydrogens (tertiary/aromatic N) is 3. The first-order valence-electron chi connectivity index (χ1n) is 9.52. The van der Waals surface area contributed by atoms with E-state index in [-0.39, 0.29) is 17.0 Å². The number of fused-ring (bicyclic) bond motifs is 1. The summed E-state index contributed by atoms with van der Waals surface area (Å²) in [5.41, 5.74) is 1.29. The highest BCUT2D eigenvalue weighted by Gasteiger charge is 2.18. The van der Waals surface area contributed by atoms with Crippen molar-refractivity contribution >= 4 is 32.7 Å². The lowest BCUT2D eigenvalue weighted by Crippen LogP contribution is -2.23. The van der Waals surface area contributed by atoms with Gasteiger partial charge in [-0.05, 0) is 42.0 Å². The molecule has 0 spiro atoms. The molecule has 4 rings (SSSR count). The predicted octanol–water partition coefficient (Wildman–Crippen LogP) is 3.58. The molecule has 0 saturated carbocycles. The zero-order valence-electron chi connectivity index (χ0n) is 17.1. The molecule has 31 heavy (non-hydrogen) atoms. The third-order valence-electron chi connectivity index (χ3n) is 4.77. The van der Waals surface area contributed by atoms with Crippen LogP contribution < -0.4 is 5.56 Å². The van der Waals surface area contributed by atoms with Crippen LogP contribution in [0, 0.1) is 0 Å². The Hall–Kier alpha value is -2.88. The highest BCUT2D eigenvalue weighted by atomic mass is 32.2. The van der Waals surface area contributed by atoms with Crippen molar-refractivity contribution in [1.82, 2.24) is 13.9 Å². The van der Waals surface area contributed by atoms with Crippen molar-refractivity contribution in [3.05, 3.63) is 88.6 Å². The van der Waals surface area contributed by atoms with E-state index in [2.05, 4.69) is 4.98 Å². The second-order valence-corrected chi connectivity index (χ2v) is 10.2. The third kappa shape index (κ3) is 4.43. The summed E-state index contributed by atoms with van der Waals surface area (Å²) in [6.07, 6.45) is 1.57. The molecule has 7 nitrogen and oxygen atoms in total. The van der Waals surface area contributed by atoms with Gasteiger partial charge in [0.25, 0.3) is 5.56 Å². The SMILES string of the molecule is CN(C)S(=O)(=O)c1cccc(CSc2nc3ccccc3c(=O)n2Cc2ccco2)c1. The van der Waals surface area contributed by atoms with Crippen LogP contribution in [-0.4, -0.2) is 36.4 Å². The van der Waals surface area contributed by atoms with Gasteiger partial charge in [-0.25, -0.2) is 17.7 Å². The van der Waals surface area contributed by atoms with E-state index in [0.29, 0.717) is 27.6 Å². The molecule has 9 heteroatoms. The fourth-order valence-corrected chi connectivity index (χ4v) is 5.02. The Labute approximate surface area is 184 Å². The standard InChI is InChI=1S/C22H21N3O4S2/c1-24(2)31(27,28)18-9-5-7-16(13-18)15-30-22-23-20-11-4-3-10-19(20)21(26)25(22)14-17-8-6-12-29-17/h3-13H,14-15H2,1-2H3. The Bertz CT molecular complexity index is 1380. The number of aromatic nitrogens is 2. The summed E-state index contributed by atoms with van der Waals surface area (Å²) in [7, 11) is -0.513. The summed E-state index contributed by atoms with van der Waals surface area (Å²) >= 11 is 1.38. The van der Waals surface area contributed by atoms with Crippen LogP contribution in [0.15, 0.2) is 86.2 Å². The quantitative estimate of drug-likeness (QED) is 0.313. The van der Waals surface area contributed by atoms with E-state index in [9.17, 15) is 13.2 Å². The van der Waals surface area contributed by atoms with Crippen LogP contribution in [0.1, 0.15) is 11.3 Å². The number of rotatable bonds is 7. The molecular formula is C22H21N3O4S2. The zero-order valence-corrected chi connectivity index (χ0v) is 18.7. The zero-order chi connectivity index (χ0) is 22.0. The van der Waals surface area contributed by atoms with E-state index >= 15 is 0 Å². The molecule has 0 N–H and O–H groups in total. The van der Waals surface area contributed by atoms with Gasteiger partial charge in [-0.1, -0.05) is 36.0 Å². The minimum Gasteiger partial charge on any atom is -0.467 e. The summed E-state index contributed by atoms with van der Waals surface area (Å²) in [4.78, 5) is 18.1. The lowest BCUT2D eigenvalue weighted by Gasteiger charge is -2.14. The maximum atomic E-state index is 13.1. The number of hydrogen-bond donors (Lipinski definition) is 0. The number of thioether (sulfide) groups is 1. The van der Waals surface area contributed by atoms with Gasteiger partial charge in [0.2, 0.25) is 10.0 Å². The minimum absolute atomic E-state index is 0.145. The molecule has 0 bridgehead atoms. The van der Waals surface area contributed by atoms with Gasteiger partial charge in [-0.15, -0.1) is 0 Å². The second-order valence-electron chi connectivity index (χ2n) is 7.11. The first-order valence-corrected chi connectivity index (χ1v) is 11.9.